The summed E-state index contributed by atoms with van der Waals surface area (Å²) in [6, 6.07) is 7.67. The number of nitrogens with one attached hydrogen (secondary N) is 1. The van der Waals surface area contributed by atoms with Crippen LogP contribution in [0.1, 0.15) is 44.6 Å². The van der Waals surface area contributed by atoms with Gasteiger partial charge < -0.3 is 15.3 Å². The van der Waals surface area contributed by atoms with Crippen molar-refractivity contribution in [1.82, 2.24) is 4.90 Å². The smallest absolute Gasteiger partial charge is 0.233 e. The molecule has 1 aliphatic rings. The Morgan fingerprint density at radius 1 is 1.38 bits per heavy atom. The van der Waals surface area contributed by atoms with E-state index in [0.717, 1.165) is 24.1 Å². The lowest BCUT2D eigenvalue weighted by Gasteiger charge is -2.27. The minimum absolute atomic E-state index is 0.0288. The average molecular weight is 350 g/mol. The van der Waals surface area contributed by atoms with Gasteiger partial charge in [0.05, 0.1) is 5.75 Å². The standard InChI is InChI=1S/C18H26N2O3S/c1-13(22)19-15-7-5-14(6-8-15)17-20(16(23)11-24-17)10-4-9-18(2,3)12-21/h5-8,17,21H,4,9-12H2,1-3H3,(H,19,22). The molecule has 1 atom stereocenters. The van der Waals surface area contributed by atoms with Crippen molar-refractivity contribution < 1.29 is 14.7 Å². The van der Waals surface area contributed by atoms with Gasteiger partial charge in [-0.15, -0.1) is 11.8 Å². The van der Waals surface area contributed by atoms with Crippen molar-refractivity contribution in [1.29, 1.82) is 0 Å². The molecule has 1 saturated heterocycles. The second-order valence-corrected chi connectivity index (χ2v) is 8.05. The summed E-state index contributed by atoms with van der Waals surface area (Å²) in [7, 11) is 0. The van der Waals surface area contributed by atoms with Crippen LogP contribution in [0, 0.1) is 5.41 Å². The fourth-order valence-corrected chi connectivity index (χ4v) is 3.93. The molecule has 0 aromatic heterocycles. The van der Waals surface area contributed by atoms with Crippen LogP contribution >= 0.6 is 11.8 Å². The molecule has 0 saturated carbocycles. The molecule has 24 heavy (non-hydrogen) atoms. The molecule has 2 rings (SSSR count). The molecule has 1 aromatic rings. The quantitative estimate of drug-likeness (QED) is 0.793. The van der Waals surface area contributed by atoms with E-state index in [1.54, 1.807) is 11.8 Å². The molecule has 5 nitrogen and oxygen atoms in total. The molecule has 0 radical (unpaired) electrons. The number of carbonyl (C=O) groups is 2. The van der Waals surface area contributed by atoms with Gasteiger partial charge in [0.2, 0.25) is 11.8 Å². The predicted molar refractivity (Wildman–Crippen MR) is 97.8 cm³/mol. The molecular weight excluding hydrogens is 324 g/mol. The number of rotatable bonds is 7. The topological polar surface area (TPSA) is 69.6 Å². The van der Waals surface area contributed by atoms with E-state index in [2.05, 4.69) is 5.32 Å². The summed E-state index contributed by atoms with van der Waals surface area (Å²) in [5.41, 5.74) is 1.73. The molecule has 1 fully saturated rings. The highest BCUT2D eigenvalue weighted by Gasteiger charge is 2.32. The monoisotopic (exact) mass is 350 g/mol. The first-order chi connectivity index (χ1) is 11.3. The third-order valence-electron chi connectivity index (χ3n) is 4.16. The second kappa shape index (κ2) is 8.03. The molecule has 2 N–H and O–H groups in total. The van der Waals surface area contributed by atoms with Crippen LogP contribution in [-0.2, 0) is 9.59 Å². The fourth-order valence-electron chi connectivity index (χ4n) is 2.71. The minimum Gasteiger partial charge on any atom is -0.396 e. The Morgan fingerprint density at radius 3 is 2.62 bits per heavy atom. The highest BCUT2D eigenvalue weighted by molar-refractivity contribution is 8.00. The van der Waals surface area contributed by atoms with Crippen LogP contribution in [0.2, 0.25) is 0 Å². The van der Waals surface area contributed by atoms with E-state index in [0.29, 0.717) is 12.3 Å². The maximum atomic E-state index is 12.2. The van der Waals surface area contributed by atoms with E-state index in [9.17, 15) is 14.7 Å². The highest BCUT2D eigenvalue weighted by atomic mass is 32.2. The Kier molecular flexibility index (Phi) is 6.29. The van der Waals surface area contributed by atoms with Gasteiger partial charge in [-0.1, -0.05) is 26.0 Å². The summed E-state index contributed by atoms with van der Waals surface area (Å²) in [5, 5.41) is 12.1. The lowest BCUT2D eigenvalue weighted by molar-refractivity contribution is -0.128. The number of amides is 2. The van der Waals surface area contributed by atoms with Crippen LogP contribution in [0.3, 0.4) is 0 Å². The Hall–Kier alpha value is -1.53. The summed E-state index contributed by atoms with van der Waals surface area (Å²) < 4.78 is 0. The molecule has 2 amide bonds. The van der Waals surface area contributed by atoms with Gasteiger partial charge in [0.25, 0.3) is 0 Å². The van der Waals surface area contributed by atoms with Gasteiger partial charge in [-0.2, -0.15) is 0 Å². The minimum atomic E-state index is -0.106. The zero-order valence-corrected chi connectivity index (χ0v) is 15.4. The van der Waals surface area contributed by atoms with Gasteiger partial charge in [-0.05, 0) is 36.0 Å². The fraction of sp³-hybridized carbons (Fsp3) is 0.556. The van der Waals surface area contributed by atoms with Gasteiger partial charge in [-0.3, -0.25) is 9.59 Å². The molecule has 1 heterocycles. The van der Waals surface area contributed by atoms with Crippen molar-refractivity contribution in [2.45, 2.75) is 39.0 Å². The Balaban J connectivity index is 2.00. The molecule has 1 unspecified atom stereocenters. The van der Waals surface area contributed by atoms with Crippen LogP contribution in [0.15, 0.2) is 24.3 Å². The van der Waals surface area contributed by atoms with Crippen LogP contribution < -0.4 is 5.32 Å². The second-order valence-electron chi connectivity index (χ2n) is 6.98. The Bertz CT molecular complexity index is 586. The van der Waals surface area contributed by atoms with E-state index in [1.807, 2.05) is 43.0 Å². The lowest BCUT2D eigenvalue weighted by atomic mass is 9.89. The van der Waals surface area contributed by atoms with Gasteiger partial charge in [0.1, 0.15) is 5.37 Å². The first-order valence-electron chi connectivity index (χ1n) is 8.22. The number of hydrogen-bond donors (Lipinski definition) is 2. The van der Waals surface area contributed by atoms with Crippen molar-refractivity contribution in [2.24, 2.45) is 5.41 Å². The number of aliphatic hydroxyl groups excluding tert-OH is 1. The normalized spacial score (nSPS) is 18.1. The third-order valence-corrected chi connectivity index (χ3v) is 5.42. The van der Waals surface area contributed by atoms with Gasteiger partial charge in [0.15, 0.2) is 0 Å². The Morgan fingerprint density at radius 2 is 2.04 bits per heavy atom. The molecular formula is C18H26N2O3S. The van der Waals surface area contributed by atoms with E-state index in [1.165, 1.54) is 6.92 Å². The van der Waals surface area contributed by atoms with Gasteiger partial charge in [-0.25, -0.2) is 0 Å². The zero-order chi connectivity index (χ0) is 17.7. The number of aliphatic hydroxyl groups is 1. The Labute approximate surface area is 147 Å². The molecule has 0 spiro atoms. The lowest BCUT2D eigenvalue weighted by Crippen LogP contribution is -2.30. The number of benzene rings is 1. The molecule has 1 aliphatic heterocycles. The molecule has 1 aromatic carbocycles. The maximum Gasteiger partial charge on any atom is 0.233 e. The van der Waals surface area contributed by atoms with E-state index >= 15 is 0 Å². The summed E-state index contributed by atoms with van der Waals surface area (Å²) in [5.74, 6) is 0.570. The summed E-state index contributed by atoms with van der Waals surface area (Å²) >= 11 is 1.63. The number of thioether (sulfide) groups is 1. The van der Waals surface area contributed by atoms with E-state index in [4.69, 9.17) is 0 Å². The van der Waals surface area contributed by atoms with Crippen LogP contribution in [-0.4, -0.2) is 40.7 Å². The largest absolute Gasteiger partial charge is 0.396 e. The first-order valence-corrected chi connectivity index (χ1v) is 9.27. The molecule has 6 heteroatoms. The number of nitrogens with zero attached hydrogens (tertiary/aromatic N) is 1. The molecule has 132 valence electrons. The number of anilines is 1. The van der Waals surface area contributed by atoms with Crippen molar-refractivity contribution in [3.05, 3.63) is 29.8 Å². The summed E-state index contributed by atoms with van der Waals surface area (Å²) in [4.78, 5) is 25.2. The van der Waals surface area contributed by atoms with Crippen molar-refractivity contribution >= 4 is 29.3 Å². The van der Waals surface area contributed by atoms with Crippen LogP contribution in [0.5, 0.6) is 0 Å². The van der Waals surface area contributed by atoms with E-state index < -0.39 is 0 Å². The van der Waals surface area contributed by atoms with E-state index in [-0.39, 0.29) is 29.2 Å². The van der Waals surface area contributed by atoms with Crippen LogP contribution in [0.25, 0.3) is 0 Å². The maximum absolute atomic E-state index is 12.2. The predicted octanol–water partition coefficient (Wildman–Crippen LogP) is 3.02. The highest BCUT2D eigenvalue weighted by Crippen LogP contribution is 2.39. The molecule has 0 aliphatic carbocycles. The van der Waals surface area contributed by atoms with Gasteiger partial charge >= 0.3 is 0 Å². The van der Waals surface area contributed by atoms with Crippen molar-refractivity contribution in [2.75, 3.05) is 24.2 Å². The summed E-state index contributed by atoms with van der Waals surface area (Å²) in [6.07, 6.45) is 1.76. The first kappa shape index (κ1) is 18.8. The number of hydrogen-bond acceptors (Lipinski definition) is 4. The summed E-state index contributed by atoms with van der Waals surface area (Å²) in [6.45, 7) is 6.41. The van der Waals surface area contributed by atoms with Crippen molar-refractivity contribution in [3.63, 3.8) is 0 Å². The van der Waals surface area contributed by atoms with Crippen LogP contribution in [0.4, 0.5) is 5.69 Å². The average Bonchev–Trinajstić information content (AvgIpc) is 2.89. The number of carbonyl (C=O) groups excluding carboxylic acids is 2. The molecule has 0 bridgehead atoms. The third kappa shape index (κ3) is 4.98. The zero-order valence-electron chi connectivity index (χ0n) is 14.5. The SMILES string of the molecule is CC(=O)Nc1ccc(C2SCC(=O)N2CCCC(C)(C)CO)cc1. The van der Waals surface area contributed by atoms with Gasteiger partial charge in [0, 0.05) is 25.8 Å². The van der Waals surface area contributed by atoms with Crippen molar-refractivity contribution in [3.8, 4) is 0 Å².